The van der Waals surface area contributed by atoms with Gasteiger partial charge in [0, 0.05) is 34.8 Å². The fraction of sp³-hybridized carbons (Fsp3) is 0.462. The topological polar surface area (TPSA) is 47.3 Å². The van der Waals surface area contributed by atoms with Gasteiger partial charge in [-0.3, -0.25) is 0 Å². The van der Waals surface area contributed by atoms with E-state index in [2.05, 4.69) is 28.2 Å². The summed E-state index contributed by atoms with van der Waals surface area (Å²) in [5.74, 6) is 0.545. The van der Waals surface area contributed by atoms with Crippen molar-refractivity contribution in [3.8, 4) is 0 Å². The van der Waals surface area contributed by atoms with Crippen LogP contribution in [-0.2, 0) is 4.74 Å². The van der Waals surface area contributed by atoms with Crippen molar-refractivity contribution in [1.29, 1.82) is 0 Å². The molecule has 3 N–H and O–H groups in total. The number of nitrogens with one attached hydrogen (secondary N) is 1. The maximum absolute atomic E-state index is 5.76. The Bertz CT molecular complexity index is 453. The standard InChI is InChI=1S/C13H17BrN2OS/c1-8-9(5-6-17-8)7-16-11-4-2-3-10(14)12(11)13(15)18/h2-4,8-9,16H,5-7H2,1H3,(H2,15,18). The summed E-state index contributed by atoms with van der Waals surface area (Å²) in [7, 11) is 0. The van der Waals surface area contributed by atoms with Gasteiger partial charge >= 0.3 is 0 Å². The molecule has 5 heteroatoms. The van der Waals surface area contributed by atoms with Crippen molar-refractivity contribution in [3.63, 3.8) is 0 Å². The predicted octanol–water partition coefficient (Wildman–Crippen LogP) is 2.92. The van der Waals surface area contributed by atoms with E-state index < -0.39 is 0 Å². The van der Waals surface area contributed by atoms with E-state index in [1.165, 1.54) is 0 Å². The smallest absolute Gasteiger partial charge is 0.107 e. The lowest BCUT2D eigenvalue weighted by atomic mass is 10.0. The third kappa shape index (κ3) is 3.02. The summed E-state index contributed by atoms with van der Waals surface area (Å²) < 4.78 is 6.48. The molecule has 0 radical (unpaired) electrons. The lowest BCUT2D eigenvalue weighted by Crippen LogP contribution is -2.22. The first kappa shape index (κ1) is 13.8. The Kier molecular flexibility index (Phi) is 4.59. The molecule has 2 rings (SSSR count). The minimum Gasteiger partial charge on any atom is -0.389 e. The molecule has 0 spiro atoms. The monoisotopic (exact) mass is 328 g/mol. The molecule has 98 valence electrons. The van der Waals surface area contributed by atoms with E-state index in [1.54, 1.807) is 0 Å². The van der Waals surface area contributed by atoms with Crippen LogP contribution in [0.15, 0.2) is 22.7 Å². The Morgan fingerprint density at radius 1 is 1.61 bits per heavy atom. The van der Waals surface area contributed by atoms with Crippen LogP contribution in [0.25, 0.3) is 0 Å². The summed E-state index contributed by atoms with van der Waals surface area (Å²) in [6.07, 6.45) is 1.42. The van der Waals surface area contributed by atoms with Crippen molar-refractivity contribution in [2.24, 2.45) is 11.7 Å². The van der Waals surface area contributed by atoms with E-state index in [0.717, 1.165) is 35.3 Å². The van der Waals surface area contributed by atoms with Crippen LogP contribution >= 0.6 is 28.1 Å². The average Bonchev–Trinajstić information content (AvgIpc) is 2.71. The Morgan fingerprint density at radius 3 is 3.00 bits per heavy atom. The maximum Gasteiger partial charge on any atom is 0.107 e. The van der Waals surface area contributed by atoms with Crippen molar-refractivity contribution in [1.82, 2.24) is 0 Å². The molecule has 1 aliphatic heterocycles. The number of hydrogen-bond acceptors (Lipinski definition) is 3. The first-order valence-corrected chi connectivity index (χ1v) is 7.23. The molecule has 0 bridgehead atoms. The zero-order chi connectivity index (χ0) is 13.1. The van der Waals surface area contributed by atoms with Gasteiger partial charge in [-0.1, -0.05) is 18.3 Å². The molecule has 1 saturated heterocycles. The van der Waals surface area contributed by atoms with Crippen molar-refractivity contribution >= 4 is 38.8 Å². The molecule has 3 nitrogen and oxygen atoms in total. The first-order chi connectivity index (χ1) is 8.59. The quantitative estimate of drug-likeness (QED) is 0.834. The Balaban J connectivity index is 2.09. The van der Waals surface area contributed by atoms with Crippen molar-refractivity contribution in [2.75, 3.05) is 18.5 Å². The van der Waals surface area contributed by atoms with E-state index >= 15 is 0 Å². The third-order valence-electron chi connectivity index (χ3n) is 3.35. The van der Waals surface area contributed by atoms with E-state index in [0.29, 0.717) is 17.0 Å². The molecule has 1 fully saturated rings. The lowest BCUT2D eigenvalue weighted by molar-refractivity contribution is 0.108. The highest BCUT2D eigenvalue weighted by Crippen LogP contribution is 2.26. The summed E-state index contributed by atoms with van der Waals surface area (Å²) in [6.45, 7) is 3.86. The minimum atomic E-state index is 0.318. The SMILES string of the molecule is CC1OCCC1CNc1cccc(Br)c1C(N)=S. The highest BCUT2D eigenvalue weighted by atomic mass is 79.9. The minimum absolute atomic E-state index is 0.318. The summed E-state index contributed by atoms with van der Waals surface area (Å²) in [5.41, 5.74) is 7.62. The number of thiocarbonyl (C=S) groups is 1. The van der Waals surface area contributed by atoms with Crippen LogP contribution in [0.4, 0.5) is 5.69 Å². The molecule has 1 aromatic rings. The van der Waals surface area contributed by atoms with Gasteiger partial charge in [0.05, 0.1) is 6.10 Å². The molecule has 0 aliphatic carbocycles. The van der Waals surface area contributed by atoms with Gasteiger partial charge in [-0.25, -0.2) is 0 Å². The van der Waals surface area contributed by atoms with Crippen LogP contribution in [0.1, 0.15) is 18.9 Å². The highest BCUT2D eigenvalue weighted by Gasteiger charge is 2.24. The van der Waals surface area contributed by atoms with Gasteiger partial charge < -0.3 is 15.8 Å². The highest BCUT2D eigenvalue weighted by molar-refractivity contribution is 9.10. The second-order valence-corrected chi connectivity index (χ2v) is 5.83. The van der Waals surface area contributed by atoms with Gasteiger partial charge in [-0.2, -0.15) is 0 Å². The first-order valence-electron chi connectivity index (χ1n) is 6.03. The van der Waals surface area contributed by atoms with Crippen LogP contribution in [0, 0.1) is 5.92 Å². The second kappa shape index (κ2) is 5.99. The zero-order valence-corrected chi connectivity index (χ0v) is 12.7. The van der Waals surface area contributed by atoms with Crippen molar-refractivity contribution in [2.45, 2.75) is 19.4 Å². The van der Waals surface area contributed by atoms with Gasteiger partial charge in [0.25, 0.3) is 0 Å². The Labute approximate surface area is 121 Å². The van der Waals surface area contributed by atoms with Gasteiger partial charge in [0.15, 0.2) is 0 Å². The van der Waals surface area contributed by atoms with Crippen LogP contribution in [0.3, 0.4) is 0 Å². The molecule has 2 atom stereocenters. The van der Waals surface area contributed by atoms with E-state index in [4.69, 9.17) is 22.7 Å². The fourth-order valence-electron chi connectivity index (χ4n) is 2.21. The van der Waals surface area contributed by atoms with Gasteiger partial charge in [0.1, 0.15) is 4.99 Å². The molecule has 18 heavy (non-hydrogen) atoms. The van der Waals surface area contributed by atoms with Crippen molar-refractivity contribution in [3.05, 3.63) is 28.2 Å². The number of rotatable bonds is 4. The lowest BCUT2D eigenvalue weighted by Gasteiger charge is -2.18. The molecular formula is C13H17BrN2OS. The number of benzene rings is 1. The average molecular weight is 329 g/mol. The fourth-order valence-corrected chi connectivity index (χ4v) is 3.14. The summed E-state index contributed by atoms with van der Waals surface area (Å²) in [6, 6.07) is 5.92. The summed E-state index contributed by atoms with van der Waals surface area (Å²) in [5, 5.41) is 3.43. The number of nitrogens with two attached hydrogens (primary N) is 1. The molecular weight excluding hydrogens is 312 g/mol. The molecule has 0 amide bonds. The third-order valence-corrected chi connectivity index (χ3v) is 4.21. The molecule has 1 heterocycles. The number of anilines is 1. The molecule has 2 unspecified atom stereocenters. The Morgan fingerprint density at radius 2 is 2.39 bits per heavy atom. The molecule has 0 saturated carbocycles. The summed E-state index contributed by atoms with van der Waals surface area (Å²) in [4.78, 5) is 0.403. The molecule has 1 aromatic carbocycles. The number of hydrogen-bond donors (Lipinski definition) is 2. The molecule has 0 aromatic heterocycles. The predicted molar refractivity (Wildman–Crippen MR) is 82.0 cm³/mol. The van der Waals surface area contributed by atoms with Gasteiger partial charge in [-0.15, -0.1) is 0 Å². The van der Waals surface area contributed by atoms with Gasteiger partial charge in [0.2, 0.25) is 0 Å². The van der Waals surface area contributed by atoms with E-state index in [1.807, 2.05) is 18.2 Å². The Hall–Kier alpha value is -0.650. The van der Waals surface area contributed by atoms with Crippen molar-refractivity contribution < 1.29 is 4.74 Å². The van der Waals surface area contributed by atoms with Crippen LogP contribution in [-0.4, -0.2) is 24.2 Å². The zero-order valence-electron chi connectivity index (χ0n) is 10.3. The van der Waals surface area contributed by atoms with E-state index in [9.17, 15) is 0 Å². The second-order valence-electron chi connectivity index (χ2n) is 4.53. The largest absolute Gasteiger partial charge is 0.389 e. The van der Waals surface area contributed by atoms with E-state index in [-0.39, 0.29) is 0 Å². The number of halogens is 1. The van der Waals surface area contributed by atoms with Gasteiger partial charge in [-0.05, 0) is 41.4 Å². The molecule has 1 aliphatic rings. The summed E-state index contributed by atoms with van der Waals surface area (Å²) >= 11 is 8.57. The normalized spacial score (nSPS) is 23.0. The van der Waals surface area contributed by atoms with Crippen LogP contribution in [0.2, 0.25) is 0 Å². The van der Waals surface area contributed by atoms with Crippen LogP contribution < -0.4 is 11.1 Å². The number of ether oxygens (including phenoxy) is 1. The maximum atomic E-state index is 5.76. The van der Waals surface area contributed by atoms with Crippen LogP contribution in [0.5, 0.6) is 0 Å².